The largest absolute Gasteiger partial charge is 0.508 e. The van der Waals surface area contributed by atoms with Crippen LogP contribution < -0.4 is 0 Å². The average molecular weight is 438 g/mol. The minimum atomic E-state index is -1.71. The van der Waals surface area contributed by atoms with Gasteiger partial charge in [0.15, 0.2) is 5.60 Å². The normalized spacial score (nSPS) is 19.3. The highest BCUT2D eigenvalue weighted by Crippen LogP contribution is 2.41. The molecular weight excluding hydrogens is 414 g/mol. The summed E-state index contributed by atoms with van der Waals surface area (Å²) in [5.41, 5.74) is 3.62. The van der Waals surface area contributed by atoms with E-state index < -0.39 is 11.6 Å². The number of cyclic esters (lactones) is 1. The lowest BCUT2D eigenvalue weighted by atomic mass is 9.86. The quantitative estimate of drug-likeness (QED) is 0.376. The van der Waals surface area contributed by atoms with Crippen molar-refractivity contribution in [1.29, 1.82) is 0 Å². The van der Waals surface area contributed by atoms with Gasteiger partial charge < -0.3 is 24.4 Å². The van der Waals surface area contributed by atoms with Gasteiger partial charge >= 0.3 is 5.97 Å². The van der Waals surface area contributed by atoms with Crippen LogP contribution >= 0.6 is 12.2 Å². The van der Waals surface area contributed by atoms with Crippen molar-refractivity contribution in [2.75, 3.05) is 14.1 Å². The highest BCUT2D eigenvalue weighted by atomic mass is 32.1. The summed E-state index contributed by atoms with van der Waals surface area (Å²) in [5, 5.41) is 22.4. The lowest BCUT2D eigenvalue weighted by Gasteiger charge is -2.32. The van der Waals surface area contributed by atoms with Crippen molar-refractivity contribution in [2.24, 2.45) is 0 Å². The van der Waals surface area contributed by atoms with E-state index in [0.717, 1.165) is 33.4 Å². The van der Waals surface area contributed by atoms with Crippen molar-refractivity contribution >= 4 is 29.1 Å². The molecule has 2 aliphatic rings. The fourth-order valence-electron chi connectivity index (χ4n) is 4.58. The standard InChI is InChI=1S/C23H23N3O4S/c1-4-23(29)16-8-18-20-12(9-26(18)21(31)15(16)11-30-22(23)28)7-13-14(10-25(2)3)19(27)6-5-17(13)24-20/h5-8,27,29H,4,9-11H2,1-3H3. The van der Waals surface area contributed by atoms with Crippen molar-refractivity contribution in [3.05, 3.63) is 51.2 Å². The molecular formula is C23H23N3O4S. The van der Waals surface area contributed by atoms with E-state index in [1.807, 2.05) is 29.6 Å². The van der Waals surface area contributed by atoms with Crippen molar-refractivity contribution in [2.45, 2.75) is 38.6 Å². The Bertz CT molecular complexity index is 1330. The zero-order valence-corrected chi connectivity index (χ0v) is 18.4. The molecule has 7 nitrogen and oxygen atoms in total. The molecule has 0 fully saturated rings. The molecule has 31 heavy (non-hydrogen) atoms. The number of carbonyl (C=O) groups is 1. The maximum absolute atomic E-state index is 12.3. The number of benzene rings is 1. The molecule has 1 unspecified atom stereocenters. The lowest BCUT2D eigenvalue weighted by Crippen LogP contribution is -2.41. The predicted octanol–water partition coefficient (Wildman–Crippen LogP) is 3.22. The van der Waals surface area contributed by atoms with Gasteiger partial charge in [0.2, 0.25) is 0 Å². The molecule has 0 spiro atoms. The van der Waals surface area contributed by atoms with Gasteiger partial charge in [0, 0.05) is 34.2 Å². The van der Waals surface area contributed by atoms with Crippen molar-refractivity contribution in [3.63, 3.8) is 0 Å². The first kappa shape index (κ1) is 20.1. The van der Waals surface area contributed by atoms with E-state index in [1.54, 1.807) is 19.1 Å². The first-order valence-corrected chi connectivity index (χ1v) is 10.6. The minimum Gasteiger partial charge on any atom is -0.508 e. The van der Waals surface area contributed by atoms with Gasteiger partial charge in [-0.25, -0.2) is 9.78 Å². The molecule has 2 aliphatic heterocycles. The number of nitrogens with zero attached hydrogens (tertiary/aromatic N) is 3. The second-order valence-electron chi connectivity index (χ2n) is 8.47. The Balaban J connectivity index is 1.75. The Kier molecular flexibility index (Phi) is 4.44. The Hall–Kier alpha value is -2.81. The third kappa shape index (κ3) is 2.82. The molecule has 3 aromatic rings. The maximum atomic E-state index is 12.3. The zero-order chi connectivity index (χ0) is 22.1. The van der Waals surface area contributed by atoms with E-state index in [-0.39, 0.29) is 18.8 Å². The van der Waals surface area contributed by atoms with Gasteiger partial charge in [-0.3, -0.25) is 0 Å². The zero-order valence-electron chi connectivity index (χ0n) is 17.6. The van der Waals surface area contributed by atoms with Gasteiger partial charge in [-0.05, 0) is 44.8 Å². The van der Waals surface area contributed by atoms with Crippen LogP contribution in [0.15, 0.2) is 24.3 Å². The van der Waals surface area contributed by atoms with Gasteiger partial charge in [-0.2, -0.15) is 0 Å². The third-order valence-electron chi connectivity index (χ3n) is 6.25. The number of rotatable bonds is 3. The molecule has 0 aliphatic carbocycles. The van der Waals surface area contributed by atoms with Crippen LogP contribution in [0.4, 0.5) is 0 Å². The monoisotopic (exact) mass is 437 g/mol. The topological polar surface area (TPSA) is 87.8 Å². The van der Waals surface area contributed by atoms with E-state index in [9.17, 15) is 15.0 Å². The molecule has 0 amide bonds. The summed E-state index contributed by atoms with van der Waals surface area (Å²) in [6.07, 6.45) is 0.197. The van der Waals surface area contributed by atoms with Gasteiger partial charge in [-0.1, -0.05) is 19.1 Å². The van der Waals surface area contributed by atoms with E-state index in [1.165, 1.54) is 0 Å². The van der Waals surface area contributed by atoms with Crippen LogP contribution in [0.5, 0.6) is 5.75 Å². The summed E-state index contributed by atoms with van der Waals surface area (Å²) in [7, 11) is 3.91. The number of aromatic nitrogens is 2. The van der Waals surface area contributed by atoms with Crippen molar-refractivity contribution in [1.82, 2.24) is 14.5 Å². The lowest BCUT2D eigenvalue weighted by molar-refractivity contribution is -0.172. The van der Waals surface area contributed by atoms with Crippen LogP contribution in [0.25, 0.3) is 22.3 Å². The smallest absolute Gasteiger partial charge is 0.343 e. The molecule has 2 aromatic heterocycles. The molecule has 5 rings (SSSR count). The number of ether oxygens (including phenoxy) is 1. The molecule has 1 aromatic carbocycles. The number of fused-ring (bicyclic) bond motifs is 5. The molecule has 4 heterocycles. The minimum absolute atomic E-state index is 0.0577. The molecule has 1 atom stereocenters. The Morgan fingerprint density at radius 2 is 2.10 bits per heavy atom. The first-order chi connectivity index (χ1) is 14.7. The second kappa shape index (κ2) is 6.85. The Morgan fingerprint density at radius 3 is 2.81 bits per heavy atom. The number of aromatic hydroxyl groups is 1. The number of phenolic OH excluding ortho intramolecular Hbond substituents is 1. The number of carbonyl (C=O) groups excluding carboxylic acids is 1. The number of aliphatic hydroxyl groups is 1. The molecule has 160 valence electrons. The molecule has 0 radical (unpaired) electrons. The second-order valence-corrected chi connectivity index (χ2v) is 8.85. The maximum Gasteiger partial charge on any atom is 0.343 e. The molecule has 2 N–H and O–H groups in total. The Morgan fingerprint density at radius 1 is 1.32 bits per heavy atom. The summed E-state index contributed by atoms with van der Waals surface area (Å²) >= 11 is 5.74. The number of esters is 1. The van der Waals surface area contributed by atoms with E-state index in [2.05, 4.69) is 6.07 Å². The molecule has 0 saturated heterocycles. The molecule has 8 heteroatoms. The highest BCUT2D eigenvalue weighted by Gasteiger charge is 2.44. The number of hydrogen-bond donors (Lipinski definition) is 2. The van der Waals surface area contributed by atoms with Crippen LogP contribution in [0.1, 0.15) is 35.6 Å². The number of phenols is 1. The van der Waals surface area contributed by atoms with Crippen LogP contribution in [0.3, 0.4) is 0 Å². The fraction of sp³-hybridized carbons (Fsp3) is 0.348. The van der Waals surface area contributed by atoms with Crippen molar-refractivity contribution in [3.8, 4) is 17.1 Å². The van der Waals surface area contributed by atoms with Gasteiger partial charge in [0.1, 0.15) is 17.0 Å². The summed E-state index contributed by atoms with van der Waals surface area (Å²) in [6.45, 7) is 2.93. The van der Waals surface area contributed by atoms with Gasteiger partial charge in [0.05, 0.1) is 23.4 Å². The van der Waals surface area contributed by atoms with E-state index >= 15 is 0 Å². The van der Waals surface area contributed by atoms with Gasteiger partial charge in [-0.15, -0.1) is 0 Å². The Labute approximate surface area is 184 Å². The summed E-state index contributed by atoms with van der Waals surface area (Å²) in [5.74, 6) is -0.399. The van der Waals surface area contributed by atoms with Crippen molar-refractivity contribution < 1.29 is 19.7 Å². The molecule has 0 bridgehead atoms. The van der Waals surface area contributed by atoms with E-state index in [4.69, 9.17) is 21.9 Å². The van der Waals surface area contributed by atoms with Crippen LogP contribution in [-0.2, 0) is 34.8 Å². The van der Waals surface area contributed by atoms with Gasteiger partial charge in [0.25, 0.3) is 0 Å². The van der Waals surface area contributed by atoms with Crippen LogP contribution in [0.2, 0.25) is 0 Å². The summed E-state index contributed by atoms with van der Waals surface area (Å²) < 4.78 is 7.76. The van der Waals surface area contributed by atoms with Crippen LogP contribution in [-0.4, -0.2) is 44.7 Å². The highest BCUT2D eigenvalue weighted by molar-refractivity contribution is 7.71. The number of hydrogen-bond acceptors (Lipinski definition) is 7. The third-order valence-corrected chi connectivity index (χ3v) is 6.72. The predicted molar refractivity (Wildman–Crippen MR) is 118 cm³/mol. The summed E-state index contributed by atoms with van der Waals surface area (Å²) in [6, 6.07) is 7.37. The van der Waals surface area contributed by atoms with Crippen LogP contribution in [0, 0.1) is 4.64 Å². The van der Waals surface area contributed by atoms with E-state index in [0.29, 0.717) is 28.9 Å². The average Bonchev–Trinajstić information content (AvgIpc) is 3.10. The molecule has 0 saturated carbocycles. The fourth-order valence-corrected chi connectivity index (χ4v) is 4.91. The first-order valence-electron chi connectivity index (χ1n) is 10.2. The summed E-state index contributed by atoms with van der Waals surface area (Å²) in [4.78, 5) is 19.2. The SMILES string of the molecule is CCC1(O)C(=O)OCc2c1cc1n(c2=S)Cc2cc3c(CN(C)C)c(O)ccc3nc2-1. The number of pyridine rings is 2.